The molecule has 2 aromatic heterocycles. The Morgan fingerprint density at radius 3 is 2.53 bits per heavy atom. The highest BCUT2D eigenvalue weighted by Crippen LogP contribution is 2.41. The molecule has 0 spiro atoms. The first-order chi connectivity index (χ1) is 17.7. The molecular formula is C26H18N8O2. The fraction of sp³-hybridized carbons (Fsp3) is 0.0385. The van der Waals surface area contributed by atoms with Crippen LogP contribution in [0.4, 0.5) is 22.9 Å². The molecule has 0 fully saturated rings. The van der Waals surface area contributed by atoms with E-state index in [1.807, 2.05) is 42.5 Å². The first-order valence-corrected chi connectivity index (χ1v) is 10.8. The van der Waals surface area contributed by atoms with Gasteiger partial charge >= 0.3 is 0 Å². The van der Waals surface area contributed by atoms with Crippen LogP contribution in [0.2, 0.25) is 0 Å². The molecule has 2 heterocycles. The predicted molar refractivity (Wildman–Crippen MR) is 134 cm³/mol. The van der Waals surface area contributed by atoms with E-state index in [1.54, 1.807) is 36.7 Å². The predicted octanol–water partition coefficient (Wildman–Crippen LogP) is 6.04. The standard InChI is InChI=1S/C26H18N8O2/c1-27-21-16-30-34(26-28-13-8-14-29-26)24(21)33-32-22-19-12-7-6-9-17(19)15-20(23(22)36-2)25(35)31-18-10-4-3-5-11-18/h3-16H,2H3,(H,31,35). The Bertz CT molecular complexity index is 1620. The lowest BCUT2D eigenvalue weighted by molar-refractivity contribution is 0.102. The minimum atomic E-state index is -0.357. The molecule has 0 atom stereocenters. The maximum absolute atomic E-state index is 13.2. The molecule has 10 heteroatoms. The summed E-state index contributed by atoms with van der Waals surface area (Å²) in [6.07, 6.45) is 4.50. The molecule has 0 radical (unpaired) electrons. The normalized spacial score (nSPS) is 10.9. The number of hydrogen-bond acceptors (Lipinski definition) is 7. The van der Waals surface area contributed by atoms with Gasteiger partial charge in [-0.25, -0.2) is 14.8 Å². The summed E-state index contributed by atoms with van der Waals surface area (Å²) in [5.74, 6) is 0.290. The van der Waals surface area contributed by atoms with Crippen molar-refractivity contribution in [3.63, 3.8) is 0 Å². The summed E-state index contributed by atoms with van der Waals surface area (Å²) in [4.78, 5) is 25.1. The molecule has 10 nitrogen and oxygen atoms in total. The Kier molecular flexibility index (Phi) is 6.10. The number of carbonyl (C=O) groups excluding carboxylic acids is 1. The lowest BCUT2D eigenvalue weighted by atomic mass is 10.0. The van der Waals surface area contributed by atoms with Gasteiger partial charge in [-0.15, -0.1) is 10.2 Å². The van der Waals surface area contributed by atoms with Crippen molar-refractivity contribution in [2.75, 3.05) is 12.4 Å². The van der Waals surface area contributed by atoms with E-state index in [9.17, 15) is 4.79 Å². The SMILES string of the molecule is [C-]#[N+]c1cnn(-c2ncccn2)c1N=Nc1c(OC)c(C(=O)Nc2ccccc2)cc2ccccc12. The monoisotopic (exact) mass is 474 g/mol. The Morgan fingerprint density at radius 2 is 1.78 bits per heavy atom. The van der Waals surface area contributed by atoms with Crippen LogP contribution in [0.25, 0.3) is 21.6 Å². The molecule has 36 heavy (non-hydrogen) atoms. The summed E-state index contributed by atoms with van der Waals surface area (Å²) >= 11 is 0. The van der Waals surface area contributed by atoms with E-state index in [2.05, 4.69) is 35.5 Å². The number of azo groups is 1. The summed E-state index contributed by atoms with van der Waals surface area (Å²) in [5, 5.41) is 17.4. The van der Waals surface area contributed by atoms with E-state index < -0.39 is 0 Å². The number of nitrogens with zero attached hydrogens (tertiary/aromatic N) is 7. The van der Waals surface area contributed by atoms with Crippen molar-refractivity contribution in [1.82, 2.24) is 19.7 Å². The highest BCUT2D eigenvalue weighted by molar-refractivity contribution is 6.11. The van der Waals surface area contributed by atoms with Crippen molar-refractivity contribution in [2.24, 2.45) is 10.2 Å². The number of nitrogens with one attached hydrogen (secondary N) is 1. The topological polar surface area (TPSA) is 111 Å². The molecule has 0 aliphatic rings. The molecular weight excluding hydrogens is 456 g/mol. The van der Waals surface area contributed by atoms with E-state index in [0.717, 1.165) is 10.8 Å². The molecule has 1 amide bonds. The quantitative estimate of drug-likeness (QED) is 0.238. The number of amides is 1. The van der Waals surface area contributed by atoms with Crippen LogP contribution >= 0.6 is 0 Å². The lowest BCUT2D eigenvalue weighted by Crippen LogP contribution is -2.13. The number of fused-ring (bicyclic) bond motifs is 1. The molecule has 0 saturated heterocycles. The number of benzene rings is 3. The molecule has 0 saturated carbocycles. The average molecular weight is 474 g/mol. The highest BCUT2D eigenvalue weighted by atomic mass is 16.5. The minimum Gasteiger partial charge on any atom is -0.494 e. The van der Waals surface area contributed by atoms with Gasteiger partial charge in [0.1, 0.15) is 5.69 Å². The van der Waals surface area contributed by atoms with Gasteiger partial charge in [0.05, 0.1) is 25.4 Å². The van der Waals surface area contributed by atoms with Crippen molar-refractivity contribution in [2.45, 2.75) is 0 Å². The molecule has 174 valence electrons. The third-order valence-corrected chi connectivity index (χ3v) is 5.29. The van der Waals surface area contributed by atoms with Crippen LogP contribution < -0.4 is 10.1 Å². The van der Waals surface area contributed by atoms with Crippen molar-refractivity contribution >= 4 is 39.6 Å². The van der Waals surface area contributed by atoms with Crippen LogP contribution in [0.1, 0.15) is 10.4 Å². The van der Waals surface area contributed by atoms with Crippen molar-refractivity contribution in [3.05, 3.63) is 102 Å². The summed E-state index contributed by atoms with van der Waals surface area (Å²) in [7, 11) is 1.47. The molecule has 0 bridgehead atoms. The van der Waals surface area contributed by atoms with Crippen LogP contribution in [-0.2, 0) is 0 Å². The van der Waals surface area contributed by atoms with Gasteiger partial charge in [-0.2, -0.15) is 9.78 Å². The number of rotatable bonds is 6. The molecule has 5 aromatic rings. The first kappa shape index (κ1) is 22.4. The van der Waals surface area contributed by atoms with Crippen molar-refractivity contribution in [3.8, 4) is 11.7 Å². The van der Waals surface area contributed by atoms with Crippen LogP contribution in [0.5, 0.6) is 5.75 Å². The lowest BCUT2D eigenvalue weighted by Gasteiger charge is -2.14. The zero-order valence-corrected chi connectivity index (χ0v) is 19.0. The van der Waals surface area contributed by atoms with Crippen LogP contribution in [0.15, 0.2) is 95.5 Å². The number of aromatic nitrogens is 4. The minimum absolute atomic E-state index is 0.154. The first-order valence-electron chi connectivity index (χ1n) is 10.8. The fourth-order valence-corrected chi connectivity index (χ4v) is 3.65. The molecule has 0 aliphatic carbocycles. The van der Waals surface area contributed by atoms with Gasteiger partial charge in [-0.1, -0.05) is 42.5 Å². The zero-order chi connectivity index (χ0) is 24.9. The zero-order valence-electron chi connectivity index (χ0n) is 19.0. The van der Waals surface area contributed by atoms with Gasteiger partial charge < -0.3 is 10.1 Å². The van der Waals surface area contributed by atoms with Gasteiger partial charge in [0, 0.05) is 23.5 Å². The van der Waals surface area contributed by atoms with Crippen molar-refractivity contribution in [1.29, 1.82) is 0 Å². The third kappa shape index (κ3) is 4.24. The molecule has 0 unspecified atom stereocenters. The number of para-hydroxylation sites is 1. The molecule has 5 rings (SSSR count). The number of methoxy groups -OCH3 is 1. The Labute approximate surface area is 205 Å². The van der Waals surface area contributed by atoms with Crippen molar-refractivity contribution < 1.29 is 9.53 Å². The van der Waals surface area contributed by atoms with Gasteiger partial charge in [0.25, 0.3) is 17.5 Å². The maximum Gasteiger partial charge on any atom is 0.259 e. The van der Waals surface area contributed by atoms with E-state index in [1.165, 1.54) is 18.0 Å². The molecule has 3 aromatic carbocycles. The van der Waals surface area contributed by atoms with Crippen LogP contribution in [0, 0.1) is 6.57 Å². The number of ether oxygens (including phenoxy) is 1. The Balaban J connectivity index is 1.64. The van der Waals surface area contributed by atoms with Gasteiger partial charge in [-0.3, -0.25) is 4.79 Å². The third-order valence-electron chi connectivity index (χ3n) is 5.29. The second-order valence-corrected chi connectivity index (χ2v) is 7.47. The van der Waals surface area contributed by atoms with Gasteiger partial charge in [0.2, 0.25) is 0 Å². The summed E-state index contributed by atoms with van der Waals surface area (Å²) in [6, 6.07) is 20.0. The summed E-state index contributed by atoms with van der Waals surface area (Å²) in [6.45, 7) is 7.50. The van der Waals surface area contributed by atoms with Crippen LogP contribution in [-0.4, -0.2) is 32.8 Å². The summed E-state index contributed by atoms with van der Waals surface area (Å²) in [5.41, 5.74) is 1.45. The van der Waals surface area contributed by atoms with E-state index in [0.29, 0.717) is 16.9 Å². The van der Waals surface area contributed by atoms with E-state index in [-0.39, 0.29) is 29.1 Å². The Morgan fingerprint density at radius 1 is 1.03 bits per heavy atom. The van der Waals surface area contributed by atoms with Gasteiger partial charge in [0.15, 0.2) is 11.6 Å². The molecule has 0 aliphatic heterocycles. The second-order valence-electron chi connectivity index (χ2n) is 7.47. The Hall–Kier alpha value is -5.43. The number of hydrogen-bond donors (Lipinski definition) is 1. The van der Waals surface area contributed by atoms with E-state index >= 15 is 0 Å². The number of anilines is 1. The highest BCUT2D eigenvalue weighted by Gasteiger charge is 2.21. The average Bonchev–Trinajstić information content (AvgIpc) is 3.35. The molecule has 1 N–H and O–H groups in total. The fourth-order valence-electron chi connectivity index (χ4n) is 3.65. The maximum atomic E-state index is 13.2. The largest absolute Gasteiger partial charge is 0.494 e. The number of carbonyl (C=O) groups is 1. The van der Waals surface area contributed by atoms with E-state index in [4.69, 9.17) is 11.3 Å². The smallest absolute Gasteiger partial charge is 0.259 e. The summed E-state index contributed by atoms with van der Waals surface area (Å²) < 4.78 is 6.99. The van der Waals surface area contributed by atoms with Gasteiger partial charge in [-0.05, 0) is 29.7 Å². The second kappa shape index (κ2) is 9.82. The van der Waals surface area contributed by atoms with Crippen LogP contribution in [0.3, 0.4) is 0 Å².